The molecule has 0 spiro atoms. The largest absolute Gasteiger partial charge is 0.277 e. The third kappa shape index (κ3) is 3.45. The van der Waals surface area contributed by atoms with Crippen molar-refractivity contribution in [3.8, 4) is 6.07 Å². The maximum absolute atomic E-state index is 13.1. The van der Waals surface area contributed by atoms with Crippen LogP contribution in [-0.4, -0.2) is 8.42 Å². The van der Waals surface area contributed by atoms with Crippen LogP contribution in [0.2, 0.25) is 10.0 Å². The lowest BCUT2D eigenvalue weighted by Gasteiger charge is -2.11. The van der Waals surface area contributed by atoms with Crippen LogP contribution in [0.1, 0.15) is 5.56 Å². The Morgan fingerprint density at radius 1 is 1.14 bits per heavy atom. The van der Waals surface area contributed by atoms with Crippen molar-refractivity contribution in [2.75, 3.05) is 4.72 Å². The highest BCUT2D eigenvalue weighted by Gasteiger charge is 2.19. The predicted molar refractivity (Wildman–Crippen MR) is 78.4 cm³/mol. The molecule has 8 heteroatoms. The minimum Gasteiger partial charge on any atom is -0.277 e. The van der Waals surface area contributed by atoms with E-state index in [-0.39, 0.29) is 26.2 Å². The van der Waals surface area contributed by atoms with Crippen LogP contribution in [0.4, 0.5) is 10.1 Å². The second-order valence-electron chi connectivity index (χ2n) is 3.99. The molecule has 0 radical (unpaired) electrons. The van der Waals surface area contributed by atoms with Gasteiger partial charge in [-0.1, -0.05) is 29.3 Å². The summed E-state index contributed by atoms with van der Waals surface area (Å²) in [6.07, 6.45) is 0. The van der Waals surface area contributed by atoms with Crippen LogP contribution in [0.25, 0.3) is 0 Å². The maximum Gasteiger partial charge on any atom is 0.262 e. The van der Waals surface area contributed by atoms with Gasteiger partial charge in [-0.2, -0.15) is 5.26 Å². The van der Waals surface area contributed by atoms with Gasteiger partial charge in [0.1, 0.15) is 5.82 Å². The van der Waals surface area contributed by atoms with Crippen LogP contribution in [0, 0.1) is 17.1 Å². The fraction of sp³-hybridized carbons (Fsp3) is 0. The molecule has 21 heavy (non-hydrogen) atoms. The molecule has 0 fully saturated rings. The van der Waals surface area contributed by atoms with Crippen LogP contribution in [-0.2, 0) is 10.0 Å². The lowest BCUT2D eigenvalue weighted by Crippen LogP contribution is -2.14. The first-order chi connectivity index (χ1) is 9.83. The van der Waals surface area contributed by atoms with E-state index in [0.29, 0.717) is 0 Å². The number of hydrogen-bond donors (Lipinski definition) is 1. The van der Waals surface area contributed by atoms with E-state index in [1.807, 2.05) is 6.07 Å². The molecule has 0 aliphatic rings. The average Bonchev–Trinajstić information content (AvgIpc) is 2.43. The summed E-state index contributed by atoms with van der Waals surface area (Å²) >= 11 is 11.6. The number of rotatable bonds is 3. The second kappa shape index (κ2) is 5.90. The van der Waals surface area contributed by atoms with Crippen molar-refractivity contribution >= 4 is 38.9 Å². The van der Waals surface area contributed by atoms with E-state index in [9.17, 15) is 12.8 Å². The molecule has 0 saturated heterocycles. The highest BCUT2D eigenvalue weighted by Crippen LogP contribution is 2.33. The van der Waals surface area contributed by atoms with Gasteiger partial charge in [0, 0.05) is 0 Å². The molecular weight excluding hydrogens is 338 g/mol. The van der Waals surface area contributed by atoms with E-state index in [1.165, 1.54) is 24.3 Å². The fourth-order valence-electron chi connectivity index (χ4n) is 1.57. The number of nitrogens with zero attached hydrogens (tertiary/aromatic N) is 1. The van der Waals surface area contributed by atoms with Crippen molar-refractivity contribution in [1.82, 2.24) is 0 Å². The quantitative estimate of drug-likeness (QED) is 0.920. The van der Waals surface area contributed by atoms with Gasteiger partial charge in [0.15, 0.2) is 0 Å². The van der Waals surface area contributed by atoms with Gasteiger partial charge in [-0.3, -0.25) is 4.72 Å². The standard InChI is InChI=1S/C13H7Cl2FN2O2S/c14-11-5-9(16)6-12(15)13(11)18-21(19,20)10-3-1-2-8(4-10)7-17/h1-6,18H. The zero-order valence-corrected chi connectivity index (χ0v) is 12.6. The summed E-state index contributed by atoms with van der Waals surface area (Å²) in [6.45, 7) is 0. The number of hydrogen-bond acceptors (Lipinski definition) is 3. The van der Waals surface area contributed by atoms with Gasteiger partial charge in [-0.25, -0.2) is 12.8 Å². The summed E-state index contributed by atoms with van der Waals surface area (Å²) in [4.78, 5) is -0.127. The van der Waals surface area contributed by atoms with Crippen molar-refractivity contribution in [3.63, 3.8) is 0 Å². The zero-order chi connectivity index (χ0) is 15.6. The number of benzene rings is 2. The molecule has 1 N–H and O–H groups in total. The summed E-state index contributed by atoms with van der Waals surface area (Å²) in [6, 6.07) is 9.14. The van der Waals surface area contributed by atoms with Gasteiger partial charge in [0.2, 0.25) is 0 Å². The Labute approximate surface area is 130 Å². The van der Waals surface area contributed by atoms with E-state index in [1.54, 1.807) is 0 Å². The van der Waals surface area contributed by atoms with E-state index in [0.717, 1.165) is 12.1 Å². The molecule has 2 aromatic carbocycles. The molecule has 2 aromatic rings. The Balaban J connectivity index is 2.45. The number of anilines is 1. The first-order valence-electron chi connectivity index (χ1n) is 5.51. The molecule has 0 amide bonds. The first-order valence-corrected chi connectivity index (χ1v) is 7.75. The SMILES string of the molecule is N#Cc1cccc(S(=O)(=O)Nc2c(Cl)cc(F)cc2Cl)c1. The third-order valence-corrected chi connectivity index (χ3v) is 4.46. The molecule has 108 valence electrons. The Morgan fingerprint density at radius 3 is 2.33 bits per heavy atom. The van der Waals surface area contributed by atoms with Gasteiger partial charge in [0.05, 0.1) is 32.3 Å². The second-order valence-corrected chi connectivity index (χ2v) is 6.49. The van der Waals surface area contributed by atoms with Crippen LogP contribution >= 0.6 is 23.2 Å². The summed E-state index contributed by atoms with van der Waals surface area (Å²) in [5.74, 6) is -0.681. The van der Waals surface area contributed by atoms with Gasteiger partial charge in [-0.05, 0) is 30.3 Å². The molecule has 0 aromatic heterocycles. The molecule has 0 bridgehead atoms. The van der Waals surface area contributed by atoms with Crippen LogP contribution in [0.15, 0.2) is 41.3 Å². The highest BCUT2D eigenvalue weighted by molar-refractivity contribution is 7.92. The fourth-order valence-corrected chi connectivity index (χ4v) is 3.38. The lowest BCUT2D eigenvalue weighted by molar-refractivity contribution is 0.601. The Kier molecular flexibility index (Phi) is 4.37. The van der Waals surface area contributed by atoms with Crippen molar-refractivity contribution in [2.45, 2.75) is 4.90 Å². The minimum atomic E-state index is -4.00. The Hall–Kier alpha value is -1.81. The molecule has 0 heterocycles. The Bertz CT molecular complexity index is 824. The number of nitriles is 1. The van der Waals surface area contributed by atoms with Gasteiger partial charge in [-0.15, -0.1) is 0 Å². The monoisotopic (exact) mass is 344 g/mol. The van der Waals surface area contributed by atoms with E-state index in [2.05, 4.69) is 4.72 Å². The van der Waals surface area contributed by atoms with Crippen molar-refractivity contribution in [2.24, 2.45) is 0 Å². The van der Waals surface area contributed by atoms with Crippen molar-refractivity contribution in [3.05, 3.63) is 57.8 Å². The summed E-state index contributed by atoms with van der Waals surface area (Å²) in [5, 5.41) is 8.45. The highest BCUT2D eigenvalue weighted by atomic mass is 35.5. The molecule has 0 saturated carbocycles. The molecular formula is C13H7Cl2FN2O2S. The number of nitrogens with one attached hydrogen (secondary N) is 1. The zero-order valence-electron chi connectivity index (χ0n) is 10.3. The maximum atomic E-state index is 13.1. The molecule has 0 aliphatic heterocycles. The van der Waals surface area contributed by atoms with Crippen molar-refractivity contribution < 1.29 is 12.8 Å². The summed E-state index contributed by atoms with van der Waals surface area (Å²) in [5.41, 5.74) is 0.0660. The lowest BCUT2D eigenvalue weighted by atomic mass is 10.2. The summed E-state index contributed by atoms with van der Waals surface area (Å²) < 4.78 is 39.7. The number of halogens is 3. The normalized spacial score (nSPS) is 11.0. The van der Waals surface area contributed by atoms with Crippen LogP contribution in [0.5, 0.6) is 0 Å². The predicted octanol–water partition coefficient (Wildman–Crippen LogP) is 3.80. The first kappa shape index (κ1) is 15.6. The smallest absolute Gasteiger partial charge is 0.262 e. The molecule has 0 atom stereocenters. The van der Waals surface area contributed by atoms with E-state index < -0.39 is 15.8 Å². The average molecular weight is 345 g/mol. The number of sulfonamides is 1. The van der Waals surface area contributed by atoms with E-state index >= 15 is 0 Å². The van der Waals surface area contributed by atoms with Crippen LogP contribution in [0.3, 0.4) is 0 Å². The van der Waals surface area contributed by atoms with Gasteiger partial charge in [0.25, 0.3) is 10.0 Å². The summed E-state index contributed by atoms with van der Waals surface area (Å²) in [7, 11) is -4.00. The molecule has 2 rings (SSSR count). The minimum absolute atomic E-state index is 0.123. The third-order valence-electron chi connectivity index (χ3n) is 2.52. The Morgan fingerprint density at radius 2 is 1.76 bits per heavy atom. The van der Waals surface area contributed by atoms with Crippen molar-refractivity contribution in [1.29, 1.82) is 5.26 Å². The van der Waals surface area contributed by atoms with Gasteiger partial charge < -0.3 is 0 Å². The van der Waals surface area contributed by atoms with Crippen LogP contribution < -0.4 is 4.72 Å². The molecule has 0 unspecified atom stereocenters. The molecule has 4 nitrogen and oxygen atoms in total. The van der Waals surface area contributed by atoms with Gasteiger partial charge >= 0.3 is 0 Å². The molecule has 0 aliphatic carbocycles. The van der Waals surface area contributed by atoms with E-state index in [4.69, 9.17) is 28.5 Å². The topological polar surface area (TPSA) is 70.0 Å².